The van der Waals surface area contributed by atoms with Gasteiger partial charge < -0.3 is 9.47 Å². The molecule has 2 aromatic carbocycles. The molecule has 0 aliphatic carbocycles. The summed E-state index contributed by atoms with van der Waals surface area (Å²) in [5.74, 6) is -2.38. The number of esters is 2. The Labute approximate surface area is 168 Å². The minimum Gasteiger partial charge on any atom is -0.425 e. The molecule has 138 valence electrons. The Bertz CT molecular complexity index is 822. The minimum atomic E-state index is -0.750. The molecule has 2 rings (SSSR count). The number of halogens is 5. The molecule has 0 atom stereocenters. The van der Waals surface area contributed by atoms with E-state index in [0.29, 0.717) is 0 Å². The number of benzene rings is 2. The second kappa shape index (κ2) is 9.42. The smallest absolute Gasteiger partial charge is 0.311 e. The van der Waals surface area contributed by atoms with Crippen LogP contribution in [0.4, 0.5) is 4.39 Å². The van der Waals surface area contributed by atoms with E-state index in [9.17, 15) is 14.0 Å². The Kier molecular flexibility index (Phi) is 7.53. The molecule has 0 fully saturated rings. The summed E-state index contributed by atoms with van der Waals surface area (Å²) in [6.07, 6.45) is -0.0891. The molecule has 0 heterocycles. The highest BCUT2D eigenvalue weighted by Crippen LogP contribution is 2.34. The van der Waals surface area contributed by atoms with Gasteiger partial charge in [0.25, 0.3) is 0 Å². The van der Waals surface area contributed by atoms with E-state index in [4.69, 9.17) is 55.9 Å². The third kappa shape index (κ3) is 5.74. The lowest BCUT2D eigenvalue weighted by atomic mass is 10.2. The quantitative estimate of drug-likeness (QED) is 0.309. The van der Waals surface area contributed by atoms with Crippen molar-refractivity contribution in [1.29, 1.82) is 0 Å². The molecular formula is C17H11Cl4FO4. The monoisotopic (exact) mass is 438 g/mol. The summed E-state index contributed by atoms with van der Waals surface area (Å²) in [5, 5.41) is 0.517. The van der Waals surface area contributed by atoms with Crippen LogP contribution in [0.25, 0.3) is 0 Å². The van der Waals surface area contributed by atoms with Crippen molar-refractivity contribution in [1.82, 2.24) is 0 Å². The zero-order valence-corrected chi connectivity index (χ0v) is 16.1. The molecule has 0 unspecified atom stereocenters. The minimum absolute atomic E-state index is 0.0213. The van der Waals surface area contributed by atoms with Crippen LogP contribution in [0.1, 0.15) is 19.3 Å². The predicted molar refractivity (Wildman–Crippen MR) is 98.0 cm³/mol. The number of ether oxygens (including phenoxy) is 2. The van der Waals surface area contributed by atoms with E-state index in [0.717, 1.165) is 6.07 Å². The molecule has 9 heteroatoms. The number of para-hydroxylation sites is 1. The van der Waals surface area contributed by atoms with Crippen LogP contribution >= 0.6 is 46.4 Å². The van der Waals surface area contributed by atoms with E-state index in [2.05, 4.69) is 0 Å². The van der Waals surface area contributed by atoms with Gasteiger partial charge in [0.2, 0.25) is 0 Å². The zero-order chi connectivity index (χ0) is 19.3. The van der Waals surface area contributed by atoms with Gasteiger partial charge in [0.15, 0.2) is 17.3 Å². The maximum atomic E-state index is 13.5. The van der Waals surface area contributed by atoms with Crippen LogP contribution in [-0.2, 0) is 9.59 Å². The predicted octanol–water partition coefficient (Wildman–Crippen LogP) is 6.12. The highest BCUT2D eigenvalue weighted by atomic mass is 35.5. The van der Waals surface area contributed by atoms with Gasteiger partial charge in [-0.1, -0.05) is 52.5 Å². The number of carbonyl (C=O) groups excluding carboxylic acids is 2. The van der Waals surface area contributed by atoms with Gasteiger partial charge in [0.1, 0.15) is 0 Å². The molecule has 0 aliphatic heterocycles. The van der Waals surface area contributed by atoms with E-state index in [1.807, 2.05) is 0 Å². The maximum absolute atomic E-state index is 13.5. The van der Waals surface area contributed by atoms with Crippen LogP contribution in [0.3, 0.4) is 0 Å². The van der Waals surface area contributed by atoms with Crippen molar-refractivity contribution in [2.45, 2.75) is 19.3 Å². The van der Waals surface area contributed by atoms with Crippen molar-refractivity contribution < 1.29 is 23.5 Å². The topological polar surface area (TPSA) is 52.6 Å². The van der Waals surface area contributed by atoms with Gasteiger partial charge in [0, 0.05) is 18.9 Å². The summed E-state index contributed by atoms with van der Waals surface area (Å²) in [6.45, 7) is 0. The fourth-order valence-corrected chi connectivity index (χ4v) is 2.66. The molecule has 26 heavy (non-hydrogen) atoms. The van der Waals surface area contributed by atoms with Gasteiger partial charge in [-0.15, -0.1) is 0 Å². The first kappa shape index (κ1) is 20.8. The van der Waals surface area contributed by atoms with Gasteiger partial charge in [0.05, 0.1) is 20.1 Å². The summed E-state index contributed by atoms with van der Waals surface area (Å²) in [4.78, 5) is 23.6. The Balaban J connectivity index is 1.83. The van der Waals surface area contributed by atoms with Crippen LogP contribution in [0.5, 0.6) is 11.5 Å². The van der Waals surface area contributed by atoms with Gasteiger partial charge in [-0.3, -0.25) is 9.59 Å². The van der Waals surface area contributed by atoms with Gasteiger partial charge in [-0.05, 0) is 24.6 Å². The maximum Gasteiger partial charge on any atom is 0.311 e. The molecule has 0 bridgehead atoms. The standard InChI is InChI=1S/C17H11Cl4FO4/c18-9-3-1-4-13(22)17(9)26-16(24)6-2-5-15(23)25-14-8-11(20)10(19)7-12(14)21/h1,3-4,7-8H,2,5-6H2. The van der Waals surface area contributed by atoms with Crippen LogP contribution < -0.4 is 9.47 Å². The molecule has 0 aliphatic rings. The number of carbonyl (C=O) groups is 2. The van der Waals surface area contributed by atoms with E-state index >= 15 is 0 Å². The van der Waals surface area contributed by atoms with Crippen LogP contribution in [0.2, 0.25) is 20.1 Å². The van der Waals surface area contributed by atoms with E-state index in [1.165, 1.54) is 24.3 Å². The van der Waals surface area contributed by atoms with Crippen LogP contribution in [0, 0.1) is 5.82 Å². The van der Waals surface area contributed by atoms with E-state index in [1.54, 1.807) is 0 Å². The number of hydrogen-bond donors (Lipinski definition) is 0. The first-order chi connectivity index (χ1) is 12.3. The number of rotatable bonds is 6. The van der Waals surface area contributed by atoms with E-state index in [-0.39, 0.29) is 50.9 Å². The van der Waals surface area contributed by atoms with Crippen molar-refractivity contribution >= 4 is 58.3 Å². The third-order valence-corrected chi connectivity index (χ3v) is 4.41. The fraction of sp³-hybridized carbons (Fsp3) is 0.176. The molecule has 0 N–H and O–H groups in total. The van der Waals surface area contributed by atoms with Crippen molar-refractivity contribution in [3.05, 3.63) is 56.2 Å². The Morgan fingerprint density at radius 1 is 0.846 bits per heavy atom. The van der Waals surface area contributed by atoms with Gasteiger partial charge in [-0.2, -0.15) is 0 Å². The molecule has 0 saturated heterocycles. The summed E-state index contributed by atoms with van der Waals surface area (Å²) < 4.78 is 23.5. The van der Waals surface area contributed by atoms with E-state index < -0.39 is 17.8 Å². The molecule has 0 radical (unpaired) electrons. The van der Waals surface area contributed by atoms with Gasteiger partial charge >= 0.3 is 11.9 Å². The van der Waals surface area contributed by atoms with Crippen molar-refractivity contribution in [2.24, 2.45) is 0 Å². The number of hydrogen-bond acceptors (Lipinski definition) is 4. The van der Waals surface area contributed by atoms with Crippen molar-refractivity contribution in [2.75, 3.05) is 0 Å². The molecule has 0 aromatic heterocycles. The molecule has 4 nitrogen and oxygen atoms in total. The average molecular weight is 440 g/mol. The summed E-state index contributed by atoms with van der Waals surface area (Å²) in [6, 6.07) is 6.57. The highest BCUT2D eigenvalue weighted by Gasteiger charge is 2.15. The Hall–Kier alpha value is -1.53. The molecule has 0 spiro atoms. The normalized spacial score (nSPS) is 10.5. The summed E-state index contributed by atoms with van der Waals surface area (Å²) in [7, 11) is 0. The SMILES string of the molecule is O=C(CCCC(=O)Oc1c(F)cccc1Cl)Oc1cc(Cl)c(Cl)cc1Cl. The third-order valence-electron chi connectivity index (χ3n) is 3.10. The average Bonchev–Trinajstić information content (AvgIpc) is 2.56. The molecule has 2 aromatic rings. The lowest BCUT2D eigenvalue weighted by molar-refractivity contribution is -0.136. The molecular weight excluding hydrogens is 429 g/mol. The van der Waals surface area contributed by atoms with Crippen molar-refractivity contribution in [3.63, 3.8) is 0 Å². The summed E-state index contributed by atoms with van der Waals surface area (Å²) in [5.41, 5.74) is 0. The first-order valence-electron chi connectivity index (χ1n) is 7.28. The second-order valence-corrected chi connectivity index (χ2v) is 6.68. The Morgan fingerprint density at radius 2 is 1.46 bits per heavy atom. The molecule has 0 amide bonds. The summed E-state index contributed by atoms with van der Waals surface area (Å²) >= 11 is 23.3. The molecule has 0 saturated carbocycles. The lowest BCUT2D eigenvalue weighted by Crippen LogP contribution is -2.12. The van der Waals surface area contributed by atoms with Gasteiger partial charge in [-0.25, -0.2) is 4.39 Å². The fourth-order valence-electron chi connectivity index (χ4n) is 1.88. The highest BCUT2D eigenvalue weighted by molar-refractivity contribution is 6.43. The largest absolute Gasteiger partial charge is 0.425 e. The first-order valence-corrected chi connectivity index (χ1v) is 8.79. The zero-order valence-electron chi connectivity index (χ0n) is 13.0. The van der Waals surface area contributed by atoms with Crippen molar-refractivity contribution in [3.8, 4) is 11.5 Å². The van der Waals surface area contributed by atoms with Crippen LogP contribution in [-0.4, -0.2) is 11.9 Å². The second-order valence-electron chi connectivity index (χ2n) is 5.05. The van der Waals surface area contributed by atoms with Crippen LogP contribution in [0.15, 0.2) is 30.3 Å². The lowest BCUT2D eigenvalue weighted by Gasteiger charge is -2.08. The Morgan fingerprint density at radius 3 is 2.12 bits per heavy atom.